The summed E-state index contributed by atoms with van der Waals surface area (Å²) >= 11 is 0. The van der Waals surface area contributed by atoms with Crippen LogP contribution in [0.5, 0.6) is 0 Å². The Hall–Kier alpha value is -1.36. The molecule has 0 saturated heterocycles. The number of hydrogen-bond donors (Lipinski definition) is 3. The fourth-order valence-electron chi connectivity index (χ4n) is 1.65. The molecular weight excluding hydrogens is 216 g/mol. The van der Waals surface area contributed by atoms with E-state index in [-0.39, 0.29) is 6.10 Å². The van der Waals surface area contributed by atoms with Gasteiger partial charge in [-0.15, -0.1) is 0 Å². The van der Waals surface area contributed by atoms with Crippen molar-refractivity contribution < 1.29 is 5.11 Å². The van der Waals surface area contributed by atoms with Crippen LogP contribution < -0.4 is 10.6 Å². The number of aromatic nitrogens is 2. The number of aryl methyl sites for hydroxylation is 1. The molecule has 1 rings (SSSR count). The summed E-state index contributed by atoms with van der Waals surface area (Å²) in [6, 6.07) is 0. The molecule has 1 unspecified atom stereocenters. The summed E-state index contributed by atoms with van der Waals surface area (Å²) in [4.78, 5) is 8.68. The molecule has 0 bridgehead atoms. The number of nitrogens with zero attached hydrogens (tertiary/aromatic N) is 2. The lowest BCUT2D eigenvalue weighted by molar-refractivity contribution is 0.183. The lowest BCUT2D eigenvalue weighted by atomic mass is 10.2. The van der Waals surface area contributed by atoms with Gasteiger partial charge in [0, 0.05) is 19.2 Å². The molecule has 0 aliphatic carbocycles. The lowest BCUT2D eigenvalue weighted by Gasteiger charge is -2.12. The Kier molecular flexibility index (Phi) is 5.15. The van der Waals surface area contributed by atoms with E-state index in [1.807, 2.05) is 20.9 Å². The van der Waals surface area contributed by atoms with Gasteiger partial charge in [0.25, 0.3) is 0 Å². The van der Waals surface area contributed by atoms with Crippen molar-refractivity contribution in [3.63, 3.8) is 0 Å². The van der Waals surface area contributed by atoms with Gasteiger partial charge in [0.15, 0.2) is 0 Å². The van der Waals surface area contributed by atoms with Crippen molar-refractivity contribution in [1.82, 2.24) is 9.97 Å². The largest absolute Gasteiger partial charge is 0.393 e. The highest BCUT2D eigenvalue weighted by Crippen LogP contribution is 2.19. The van der Waals surface area contributed by atoms with Gasteiger partial charge in [0.05, 0.1) is 6.10 Å². The Morgan fingerprint density at radius 1 is 1.24 bits per heavy atom. The summed E-state index contributed by atoms with van der Waals surface area (Å²) in [6.07, 6.45) is 1.49. The van der Waals surface area contributed by atoms with Gasteiger partial charge in [-0.1, -0.05) is 0 Å². The van der Waals surface area contributed by atoms with Crippen LogP contribution in [-0.2, 0) is 0 Å². The molecule has 1 heterocycles. The standard InChI is InChI=1S/C12H22N4O/c1-8(17)6-5-7-14-12-9(2)11(13-4)15-10(3)16-12/h8,17H,5-7H2,1-4H3,(H2,13,14,15,16). The number of aliphatic hydroxyl groups is 1. The van der Waals surface area contributed by atoms with E-state index in [0.717, 1.165) is 42.4 Å². The molecule has 96 valence electrons. The number of rotatable bonds is 6. The van der Waals surface area contributed by atoms with Crippen LogP contribution in [0.3, 0.4) is 0 Å². The van der Waals surface area contributed by atoms with E-state index in [1.165, 1.54) is 0 Å². The van der Waals surface area contributed by atoms with E-state index >= 15 is 0 Å². The molecular formula is C12H22N4O. The van der Waals surface area contributed by atoms with Crippen LogP contribution in [0.1, 0.15) is 31.2 Å². The average molecular weight is 238 g/mol. The van der Waals surface area contributed by atoms with Gasteiger partial charge in [-0.2, -0.15) is 0 Å². The molecule has 0 fully saturated rings. The van der Waals surface area contributed by atoms with Crippen molar-refractivity contribution in [3.8, 4) is 0 Å². The summed E-state index contributed by atoms with van der Waals surface area (Å²) in [5.74, 6) is 2.47. The van der Waals surface area contributed by atoms with Crippen molar-refractivity contribution in [2.24, 2.45) is 0 Å². The summed E-state index contributed by atoms with van der Waals surface area (Å²) in [5, 5.41) is 15.5. The van der Waals surface area contributed by atoms with Gasteiger partial charge in [-0.05, 0) is 33.6 Å². The normalized spacial score (nSPS) is 12.3. The van der Waals surface area contributed by atoms with Crippen molar-refractivity contribution in [1.29, 1.82) is 0 Å². The molecule has 0 aliphatic rings. The maximum absolute atomic E-state index is 9.17. The lowest BCUT2D eigenvalue weighted by Crippen LogP contribution is -2.11. The second-order valence-corrected chi connectivity index (χ2v) is 4.26. The number of anilines is 2. The van der Waals surface area contributed by atoms with Gasteiger partial charge >= 0.3 is 0 Å². The summed E-state index contributed by atoms with van der Waals surface area (Å²) in [6.45, 7) is 6.48. The van der Waals surface area contributed by atoms with Crippen molar-refractivity contribution in [3.05, 3.63) is 11.4 Å². The van der Waals surface area contributed by atoms with Crippen molar-refractivity contribution in [2.45, 2.75) is 39.7 Å². The average Bonchev–Trinajstić information content (AvgIpc) is 2.28. The minimum Gasteiger partial charge on any atom is -0.393 e. The SMILES string of the molecule is CNc1nc(C)nc(NCCCC(C)O)c1C. The fraction of sp³-hybridized carbons (Fsp3) is 0.667. The monoisotopic (exact) mass is 238 g/mol. The van der Waals surface area contributed by atoms with Crippen LogP contribution in [0.2, 0.25) is 0 Å². The van der Waals surface area contributed by atoms with E-state index in [4.69, 9.17) is 5.11 Å². The van der Waals surface area contributed by atoms with E-state index in [2.05, 4.69) is 20.6 Å². The molecule has 3 N–H and O–H groups in total. The van der Waals surface area contributed by atoms with E-state index in [9.17, 15) is 0 Å². The second kappa shape index (κ2) is 6.39. The zero-order valence-corrected chi connectivity index (χ0v) is 11.0. The minimum atomic E-state index is -0.238. The molecule has 0 amide bonds. The Balaban J connectivity index is 2.61. The van der Waals surface area contributed by atoms with Gasteiger partial charge in [-0.25, -0.2) is 9.97 Å². The van der Waals surface area contributed by atoms with Crippen molar-refractivity contribution in [2.75, 3.05) is 24.2 Å². The first-order valence-corrected chi connectivity index (χ1v) is 5.99. The maximum Gasteiger partial charge on any atom is 0.134 e. The van der Waals surface area contributed by atoms with Crippen LogP contribution in [0.15, 0.2) is 0 Å². The van der Waals surface area contributed by atoms with E-state index < -0.39 is 0 Å². The molecule has 1 atom stereocenters. The highest BCUT2D eigenvalue weighted by molar-refractivity contribution is 5.56. The number of aliphatic hydroxyl groups excluding tert-OH is 1. The zero-order valence-electron chi connectivity index (χ0n) is 11.0. The zero-order chi connectivity index (χ0) is 12.8. The third-order valence-corrected chi connectivity index (χ3v) is 2.59. The smallest absolute Gasteiger partial charge is 0.134 e. The molecule has 0 aliphatic heterocycles. The summed E-state index contributed by atoms with van der Waals surface area (Å²) in [7, 11) is 1.85. The maximum atomic E-state index is 9.17. The Morgan fingerprint density at radius 3 is 2.47 bits per heavy atom. The Labute approximate surface area is 103 Å². The molecule has 5 heteroatoms. The topological polar surface area (TPSA) is 70.1 Å². The molecule has 0 spiro atoms. The van der Waals surface area contributed by atoms with Crippen LogP contribution in [-0.4, -0.2) is 34.8 Å². The Morgan fingerprint density at radius 2 is 1.88 bits per heavy atom. The minimum absolute atomic E-state index is 0.238. The third-order valence-electron chi connectivity index (χ3n) is 2.59. The Bertz CT molecular complexity index is 366. The summed E-state index contributed by atoms with van der Waals surface area (Å²) < 4.78 is 0. The summed E-state index contributed by atoms with van der Waals surface area (Å²) in [5.41, 5.74) is 1.02. The van der Waals surface area contributed by atoms with Gasteiger partial charge in [0.2, 0.25) is 0 Å². The first kappa shape index (κ1) is 13.7. The molecule has 1 aromatic rings. The van der Waals surface area contributed by atoms with Crippen LogP contribution in [0.4, 0.5) is 11.6 Å². The molecule has 0 aromatic carbocycles. The van der Waals surface area contributed by atoms with Gasteiger partial charge < -0.3 is 15.7 Å². The first-order chi connectivity index (χ1) is 8.04. The fourth-order valence-corrected chi connectivity index (χ4v) is 1.65. The van der Waals surface area contributed by atoms with Gasteiger partial charge in [0.1, 0.15) is 17.5 Å². The third kappa shape index (κ3) is 4.19. The molecule has 1 aromatic heterocycles. The number of hydrogen-bond acceptors (Lipinski definition) is 5. The highest BCUT2D eigenvalue weighted by atomic mass is 16.3. The first-order valence-electron chi connectivity index (χ1n) is 5.99. The molecule has 17 heavy (non-hydrogen) atoms. The predicted molar refractivity (Wildman–Crippen MR) is 70.5 cm³/mol. The van der Waals surface area contributed by atoms with E-state index in [0.29, 0.717) is 0 Å². The molecule has 0 saturated carbocycles. The molecule has 0 radical (unpaired) electrons. The van der Waals surface area contributed by atoms with Crippen LogP contribution >= 0.6 is 0 Å². The number of nitrogens with one attached hydrogen (secondary N) is 2. The van der Waals surface area contributed by atoms with Crippen LogP contribution in [0, 0.1) is 13.8 Å². The van der Waals surface area contributed by atoms with E-state index in [1.54, 1.807) is 6.92 Å². The molecule has 5 nitrogen and oxygen atoms in total. The quantitative estimate of drug-likeness (QED) is 0.658. The van der Waals surface area contributed by atoms with Gasteiger partial charge in [-0.3, -0.25) is 0 Å². The van der Waals surface area contributed by atoms with Crippen LogP contribution in [0.25, 0.3) is 0 Å². The highest BCUT2D eigenvalue weighted by Gasteiger charge is 2.07. The second-order valence-electron chi connectivity index (χ2n) is 4.26. The van der Waals surface area contributed by atoms with Crippen molar-refractivity contribution >= 4 is 11.6 Å². The predicted octanol–water partition coefficient (Wildman–Crippen LogP) is 1.71.